The molecule has 1 aliphatic heterocycles. The van der Waals surface area contributed by atoms with Crippen molar-refractivity contribution in [3.05, 3.63) is 64.8 Å². The Hall–Kier alpha value is -3.28. The summed E-state index contributed by atoms with van der Waals surface area (Å²) in [4.78, 5) is 11.6. The van der Waals surface area contributed by atoms with E-state index >= 15 is 0 Å². The number of ether oxygens (including phenoxy) is 2. The number of carbonyl (C=O) groups is 1. The number of hydrogen-bond donors (Lipinski definition) is 1. The summed E-state index contributed by atoms with van der Waals surface area (Å²) in [5, 5.41) is 7.30. The fraction of sp³-hybridized carbons (Fsp3) is 0.273. The van der Waals surface area contributed by atoms with Gasteiger partial charge in [-0.2, -0.15) is 0 Å². The SMILES string of the molecule is COc1cc(-n2cc3c(n2)NC(=O)CC3)ccc1COc1ccc(C)cc1C. The van der Waals surface area contributed by atoms with Gasteiger partial charge in [0.15, 0.2) is 5.82 Å². The number of aromatic nitrogens is 2. The van der Waals surface area contributed by atoms with Gasteiger partial charge in [0.05, 0.1) is 12.8 Å². The highest BCUT2D eigenvalue weighted by atomic mass is 16.5. The number of hydrogen-bond acceptors (Lipinski definition) is 4. The molecular formula is C22H23N3O3. The average Bonchev–Trinajstić information content (AvgIpc) is 3.10. The summed E-state index contributed by atoms with van der Waals surface area (Å²) in [6, 6.07) is 12.0. The third-order valence-corrected chi connectivity index (χ3v) is 4.92. The monoisotopic (exact) mass is 377 g/mol. The Balaban J connectivity index is 1.55. The molecule has 144 valence electrons. The quantitative estimate of drug-likeness (QED) is 0.731. The van der Waals surface area contributed by atoms with Crippen LogP contribution in [0.25, 0.3) is 5.69 Å². The first-order valence-electron chi connectivity index (χ1n) is 9.29. The number of methoxy groups -OCH3 is 1. The third-order valence-electron chi connectivity index (χ3n) is 4.92. The van der Waals surface area contributed by atoms with Crippen molar-refractivity contribution >= 4 is 11.7 Å². The number of anilines is 1. The van der Waals surface area contributed by atoms with Crippen molar-refractivity contribution in [2.45, 2.75) is 33.3 Å². The van der Waals surface area contributed by atoms with Gasteiger partial charge in [-0.05, 0) is 44.0 Å². The fourth-order valence-electron chi connectivity index (χ4n) is 3.38. The van der Waals surface area contributed by atoms with Gasteiger partial charge in [-0.1, -0.05) is 17.7 Å². The minimum atomic E-state index is 0.00854. The number of carbonyl (C=O) groups excluding carboxylic acids is 1. The number of nitrogens with zero attached hydrogens (tertiary/aromatic N) is 2. The number of fused-ring (bicyclic) bond motifs is 1. The largest absolute Gasteiger partial charge is 0.496 e. The molecule has 6 nitrogen and oxygen atoms in total. The fourth-order valence-corrected chi connectivity index (χ4v) is 3.38. The molecule has 0 atom stereocenters. The zero-order valence-corrected chi connectivity index (χ0v) is 16.3. The van der Waals surface area contributed by atoms with Gasteiger partial charge < -0.3 is 14.8 Å². The normalized spacial score (nSPS) is 13.0. The first-order valence-corrected chi connectivity index (χ1v) is 9.29. The van der Waals surface area contributed by atoms with Crippen LogP contribution in [-0.2, 0) is 17.8 Å². The van der Waals surface area contributed by atoms with Crippen LogP contribution in [0.2, 0.25) is 0 Å². The maximum atomic E-state index is 11.6. The molecular weight excluding hydrogens is 354 g/mol. The molecule has 0 fully saturated rings. The molecule has 0 bridgehead atoms. The maximum absolute atomic E-state index is 11.6. The molecule has 3 aromatic rings. The van der Waals surface area contributed by atoms with Crippen LogP contribution in [-0.4, -0.2) is 22.8 Å². The van der Waals surface area contributed by atoms with Crippen LogP contribution in [0.3, 0.4) is 0 Å². The van der Waals surface area contributed by atoms with Crippen molar-refractivity contribution in [2.24, 2.45) is 0 Å². The van der Waals surface area contributed by atoms with E-state index in [2.05, 4.69) is 23.4 Å². The van der Waals surface area contributed by atoms with E-state index in [0.717, 1.165) is 33.9 Å². The molecule has 0 saturated carbocycles. The van der Waals surface area contributed by atoms with E-state index in [1.165, 1.54) is 5.56 Å². The lowest BCUT2D eigenvalue weighted by Gasteiger charge is -2.13. The van der Waals surface area contributed by atoms with Gasteiger partial charge in [-0.3, -0.25) is 4.79 Å². The second-order valence-electron chi connectivity index (χ2n) is 7.05. The Labute approximate surface area is 164 Å². The predicted molar refractivity (Wildman–Crippen MR) is 107 cm³/mol. The molecule has 0 spiro atoms. The van der Waals surface area contributed by atoms with Crippen molar-refractivity contribution in [1.29, 1.82) is 0 Å². The van der Waals surface area contributed by atoms with E-state index in [0.29, 0.717) is 25.3 Å². The van der Waals surface area contributed by atoms with Crippen LogP contribution in [0.15, 0.2) is 42.6 Å². The molecule has 0 unspecified atom stereocenters. The van der Waals surface area contributed by atoms with Gasteiger partial charge in [0.1, 0.15) is 18.1 Å². The highest BCUT2D eigenvalue weighted by Gasteiger charge is 2.19. The smallest absolute Gasteiger partial charge is 0.225 e. The van der Waals surface area contributed by atoms with Gasteiger partial charge in [-0.25, -0.2) is 4.68 Å². The van der Waals surface area contributed by atoms with E-state index in [4.69, 9.17) is 9.47 Å². The lowest BCUT2D eigenvalue weighted by Crippen LogP contribution is -2.18. The first-order chi connectivity index (χ1) is 13.5. The molecule has 1 aromatic heterocycles. The molecule has 1 N–H and O–H groups in total. The topological polar surface area (TPSA) is 65.4 Å². The zero-order valence-electron chi connectivity index (χ0n) is 16.3. The number of rotatable bonds is 5. The number of benzene rings is 2. The highest BCUT2D eigenvalue weighted by molar-refractivity contribution is 5.92. The minimum absolute atomic E-state index is 0.00854. The molecule has 2 heterocycles. The second kappa shape index (κ2) is 7.38. The van der Waals surface area contributed by atoms with E-state index in [9.17, 15) is 4.79 Å². The Morgan fingerprint density at radius 1 is 1.11 bits per heavy atom. The van der Waals surface area contributed by atoms with E-state index < -0.39 is 0 Å². The molecule has 0 saturated heterocycles. The van der Waals surface area contributed by atoms with Crippen molar-refractivity contribution in [3.63, 3.8) is 0 Å². The molecule has 0 radical (unpaired) electrons. The second-order valence-corrected chi connectivity index (χ2v) is 7.05. The Morgan fingerprint density at radius 3 is 2.75 bits per heavy atom. The molecule has 0 aliphatic carbocycles. The lowest BCUT2D eigenvalue weighted by molar-refractivity contribution is -0.116. The third kappa shape index (κ3) is 3.58. The summed E-state index contributed by atoms with van der Waals surface area (Å²) in [5.74, 6) is 2.25. The van der Waals surface area contributed by atoms with Crippen molar-refractivity contribution < 1.29 is 14.3 Å². The van der Waals surface area contributed by atoms with E-state index in [1.807, 2.05) is 43.5 Å². The lowest BCUT2D eigenvalue weighted by atomic mass is 10.1. The van der Waals surface area contributed by atoms with Gasteiger partial charge in [0, 0.05) is 29.8 Å². The number of nitrogens with one attached hydrogen (secondary N) is 1. The average molecular weight is 377 g/mol. The highest BCUT2D eigenvalue weighted by Crippen LogP contribution is 2.28. The van der Waals surface area contributed by atoms with Crippen LogP contribution < -0.4 is 14.8 Å². The number of aryl methyl sites for hydroxylation is 3. The molecule has 28 heavy (non-hydrogen) atoms. The minimum Gasteiger partial charge on any atom is -0.496 e. The summed E-state index contributed by atoms with van der Waals surface area (Å²) in [6.45, 7) is 4.52. The molecule has 2 aromatic carbocycles. The molecule has 4 rings (SSSR count). The van der Waals surface area contributed by atoms with Crippen molar-refractivity contribution in [1.82, 2.24) is 9.78 Å². The zero-order chi connectivity index (χ0) is 19.7. The Bertz CT molecular complexity index is 1040. The maximum Gasteiger partial charge on any atom is 0.225 e. The van der Waals surface area contributed by atoms with Crippen LogP contribution >= 0.6 is 0 Å². The summed E-state index contributed by atoms with van der Waals surface area (Å²) in [5.41, 5.74) is 5.19. The molecule has 1 aliphatic rings. The van der Waals surface area contributed by atoms with Crippen LogP contribution in [0, 0.1) is 13.8 Å². The van der Waals surface area contributed by atoms with Gasteiger partial charge in [0.2, 0.25) is 5.91 Å². The first kappa shape index (κ1) is 18.1. The molecule has 1 amide bonds. The van der Waals surface area contributed by atoms with Gasteiger partial charge in [-0.15, -0.1) is 5.10 Å². The standard InChI is InChI=1S/C22H23N3O3/c1-14-4-8-19(15(2)10-14)28-13-17-5-7-18(11-20(17)27-3)25-12-16-6-9-21(26)23-22(16)24-25/h4-5,7-8,10-12H,6,9,13H2,1-3H3,(H,23,24,26). The summed E-state index contributed by atoms with van der Waals surface area (Å²) < 4.78 is 13.3. The van der Waals surface area contributed by atoms with E-state index in [1.54, 1.807) is 11.8 Å². The van der Waals surface area contributed by atoms with Gasteiger partial charge in [0.25, 0.3) is 0 Å². The van der Waals surface area contributed by atoms with E-state index in [-0.39, 0.29) is 5.91 Å². The van der Waals surface area contributed by atoms with Crippen molar-refractivity contribution in [3.8, 4) is 17.2 Å². The predicted octanol–water partition coefficient (Wildman–Crippen LogP) is 3.96. The summed E-state index contributed by atoms with van der Waals surface area (Å²) in [7, 11) is 1.65. The van der Waals surface area contributed by atoms with Crippen LogP contribution in [0.5, 0.6) is 11.5 Å². The Morgan fingerprint density at radius 2 is 1.96 bits per heavy atom. The van der Waals surface area contributed by atoms with Crippen LogP contribution in [0.4, 0.5) is 5.82 Å². The van der Waals surface area contributed by atoms with Crippen LogP contribution in [0.1, 0.15) is 28.7 Å². The molecule has 6 heteroatoms. The Kier molecular flexibility index (Phi) is 4.77. The number of amides is 1. The summed E-state index contributed by atoms with van der Waals surface area (Å²) >= 11 is 0. The van der Waals surface area contributed by atoms with Crippen molar-refractivity contribution in [2.75, 3.05) is 12.4 Å². The van der Waals surface area contributed by atoms with Gasteiger partial charge >= 0.3 is 0 Å². The summed E-state index contributed by atoms with van der Waals surface area (Å²) in [6.07, 6.45) is 3.16.